The maximum absolute atomic E-state index is 11.3. The Bertz CT molecular complexity index is 166. The Morgan fingerprint density at radius 1 is 1.54 bits per heavy atom. The molecule has 0 unspecified atom stereocenters. The van der Waals surface area contributed by atoms with E-state index in [9.17, 15) is 4.79 Å². The van der Waals surface area contributed by atoms with Crippen molar-refractivity contribution in [3.8, 4) is 0 Å². The molecule has 4 N–H and O–H groups in total. The molecule has 0 heterocycles. The number of carbonyl (C=O) groups excluding carboxylic acids is 1. The minimum absolute atomic E-state index is 0.0569. The first-order valence-corrected chi connectivity index (χ1v) is 4.99. The third-order valence-electron chi connectivity index (χ3n) is 2.42. The number of urea groups is 1. The van der Waals surface area contributed by atoms with Crippen LogP contribution < -0.4 is 16.4 Å². The third kappa shape index (κ3) is 3.63. The molecule has 0 aromatic rings. The van der Waals surface area contributed by atoms with Crippen LogP contribution in [0.25, 0.3) is 0 Å². The van der Waals surface area contributed by atoms with Crippen molar-refractivity contribution in [2.45, 2.75) is 44.7 Å². The van der Waals surface area contributed by atoms with Gasteiger partial charge < -0.3 is 16.4 Å². The van der Waals surface area contributed by atoms with Crippen LogP contribution in [0.5, 0.6) is 0 Å². The van der Waals surface area contributed by atoms with Crippen LogP contribution in [0, 0.1) is 0 Å². The predicted molar refractivity (Wildman–Crippen MR) is 52.4 cm³/mol. The Morgan fingerprint density at radius 2 is 2.15 bits per heavy atom. The van der Waals surface area contributed by atoms with E-state index in [1.807, 2.05) is 6.92 Å². The van der Waals surface area contributed by atoms with Crippen LogP contribution in [-0.2, 0) is 0 Å². The Labute approximate surface area is 79.3 Å². The summed E-state index contributed by atoms with van der Waals surface area (Å²) in [6.07, 6.45) is 4.70. The lowest BCUT2D eigenvalue weighted by atomic mass is 10.2. The van der Waals surface area contributed by atoms with E-state index in [0.717, 1.165) is 12.8 Å². The number of hydrogen-bond donors (Lipinski definition) is 3. The smallest absolute Gasteiger partial charge is 0.315 e. The van der Waals surface area contributed by atoms with Gasteiger partial charge in [0, 0.05) is 18.6 Å². The second-order valence-electron chi connectivity index (χ2n) is 3.74. The summed E-state index contributed by atoms with van der Waals surface area (Å²) in [5, 5.41) is 5.72. The van der Waals surface area contributed by atoms with Gasteiger partial charge in [0.25, 0.3) is 0 Å². The average molecular weight is 185 g/mol. The fraction of sp³-hybridized carbons (Fsp3) is 0.889. The number of nitrogens with two attached hydrogens (primary N) is 1. The van der Waals surface area contributed by atoms with Gasteiger partial charge in [-0.2, -0.15) is 0 Å². The summed E-state index contributed by atoms with van der Waals surface area (Å²) in [5.74, 6) is 0. The summed E-state index contributed by atoms with van der Waals surface area (Å²) >= 11 is 0. The first-order valence-electron chi connectivity index (χ1n) is 4.99. The number of rotatable bonds is 3. The first-order chi connectivity index (χ1) is 6.22. The van der Waals surface area contributed by atoms with Gasteiger partial charge in [0.05, 0.1) is 0 Å². The number of hydrogen-bond acceptors (Lipinski definition) is 2. The minimum atomic E-state index is -0.0788. The molecule has 0 radical (unpaired) electrons. The summed E-state index contributed by atoms with van der Waals surface area (Å²) in [7, 11) is 0. The molecular weight excluding hydrogens is 166 g/mol. The van der Waals surface area contributed by atoms with E-state index in [-0.39, 0.29) is 12.1 Å². The molecule has 4 heteroatoms. The molecule has 13 heavy (non-hydrogen) atoms. The Kier molecular flexibility index (Phi) is 4.02. The molecular formula is C9H19N3O. The number of carbonyl (C=O) groups is 1. The summed E-state index contributed by atoms with van der Waals surface area (Å²) in [6, 6.07) is 0.358. The van der Waals surface area contributed by atoms with Crippen molar-refractivity contribution in [1.29, 1.82) is 0 Å². The van der Waals surface area contributed by atoms with Gasteiger partial charge in [0.15, 0.2) is 0 Å². The lowest BCUT2D eigenvalue weighted by molar-refractivity contribution is 0.234. The maximum atomic E-state index is 11.3. The van der Waals surface area contributed by atoms with E-state index < -0.39 is 0 Å². The molecule has 1 aliphatic rings. The number of nitrogens with one attached hydrogen (secondary N) is 2. The maximum Gasteiger partial charge on any atom is 0.315 e. The molecule has 0 spiro atoms. The van der Waals surface area contributed by atoms with Gasteiger partial charge in [-0.05, 0) is 19.8 Å². The van der Waals surface area contributed by atoms with Gasteiger partial charge in [-0.15, -0.1) is 0 Å². The van der Waals surface area contributed by atoms with Gasteiger partial charge >= 0.3 is 6.03 Å². The molecule has 1 fully saturated rings. The first kappa shape index (κ1) is 10.3. The van der Waals surface area contributed by atoms with E-state index in [0.29, 0.717) is 12.6 Å². The van der Waals surface area contributed by atoms with E-state index in [4.69, 9.17) is 5.73 Å². The Hall–Kier alpha value is -0.770. The molecule has 0 aromatic carbocycles. The summed E-state index contributed by atoms with van der Waals surface area (Å²) in [5.41, 5.74) is 5.39. The zero-order chi connectivity index (χ0) is 9.68. The van der Waals surface area contributed by atoms with Crippen molar-refractivity contribution in [3.05, 3.63) is 0 Å². The van der Waals surface area contributed by atoms with Crippen molar-refractivity contribution < 1.29 is 4.79 Å². The predicted octanol–water partition coefficient (Wildman–Crippen LogP) is 0.575. The van der Waals surface area contributed by atoms with Crippen molar-refractivity contribution in [2.75, 3.05) is 6.54 Å². The Morgan fingerprint density at radius 3 is 2.69 bits per heavy atom. The molecule has 76 valence electrons. The SMILES string of the molecule is C[C@H](CN)NC(=O)NC1CCCC1. The highest BCUT2D eigenvalue weighted by Gasteiger charge is 2.17. The molecule has 0 bridgehead atoms. The van der Waals surface area contributed by atoms with Crippen LogP contribution in [0.1, 0.15) is 32.6 Å². The summed E-state index contributed by atoms with van der Waals surface area (Å²) in [4.78, 5) is 11.3. The van der Waals surface area contributed by atoms with Crippen LogP contribution in [-0.4, -0.2) is 24.7 Å². The van der Waals surface area contributed by atoms with E-state index in [2.05, 4.69) is 10.6 Å². The molecule has 1 rings (SSSR count). The standard InChI is InChI=1S/C9H19N3O/c1-7(6-10)11-9(13)12-8-4-2-3-5-8/h7-8H,2-6,10H2,1H3,(H2,11,12,13)/t7-/m1/s1. The average Bonchev–Trinajstić information content (AvgIpc) is 2.56. The lowest BCUT2D eigenvalue weighted by Gasteiger charge is -2.16. The van der Waals surface area contributed by atoms with Gasteiger partial charge in [-0.1, -0.05) is 12.8 Å². The summed E-state index contributed by atoms with van der Waals surface area (Å²) < 4.78 is 0. The van der Waals surface area contributed by atoms with Gasteiger partial charge in [-0.25, -0.2) is 4.79 Å². The molecule has 1 aliphatic carbocycles. The van der Waals surface area contributed by atoms with E-state index >= 15 is 0 Å². The zero-order valence-electron chi connectivity index (χ0n) is 8.18. The fourth-order valence-electron chi connectivity index (χ4n) is 1.58. The molecule has 0 saturated heterocycles. The van der Waals surface area contributed by atoms with Crippen molar-refractivity contribution in [1.82, 2.24) is 10.6 Å². The summed E-state index contributed by atoms with van der Waals surface area (Å²) in [6.45, 7) is 2.38. The van der Waals surface area contributed by atoms with E-state index in [1.54, 1.807) is 0 Å². The highest BCUT2D eigenvalue weighted by atomic mass is 16.2. The van der Waals surface area contributed by atoms with Gasteiger partial charge in [0.1, 0.15) is 0 Å². The van der Waals surface area contributed by atoms with Crippen LogP contribution in [0.3, 0.4) is 0 Å². The molecule has 1 atom stereocenters. The minimum Gasteiger partial charge on any atom is -0.335 e. The number of amides is 2. The third-order valence-corrected chi connectivity index (χ3v) is 2.42. The van der Waals surface area contributed by atoms with E-state index in [1.165, 1.54) is 12.8 Å². The lowest BCUT2D eigenvalue weighted by Crippen LogP contribution is -2.46. The monoisotopic (exact) mass is 185 g/mol. The topological polar surface area (TPSA) is 67.1 Å². The van der Waals surface area contributed by atoms with Crippen LogP contribution in [0.4, 0.5) is 4.79 Å². The normalized spacial score (nSPS) is 19.8. The van der Waals surface area contributed by atoms with Crippen LogP contribution in [0.2, 0.25) is 0 Å². The van der Waals surface area contributed by atoms with Crippen molar-refractivity contribution in [2.24, 2.45) is 5.73 Å². The molecule has 1 saturated carbocycles. The quantitative estimate of drug-likeness (QED) is 0.602. The fourth-order valence-corrected chi connectivity index (χ4v) is 1.58. The molecule has 0 aromatic heterocycles. The van der Waals surface area contributed by atoms with Gasteiger partial charge in [0.2, 0.25) is 0 Å². The molecule has 0 aliphatic heterocycles. The zero-order valence-corrected chi connectivity index (χ0v) is 8.18. The second kappa shape index (κ2) is 5.07. The largest absolute Gasteiger partial charge is 0.335 e. The highest BCUT2D eigenvalue weighted by Crippen LogP contribution is 2.17. The molecule has 4 nitrogen and oxygen atoms in total. The van der Waals surface area contributed by atoms with Crippen molar-refractivity contribution in [3.63, 3.8) is 0 Å². The molecule has 2 amide bonds. The van der Waals surface area contributed by atoms with Crippen molar-refractivity contribution >= 4 is 6.03 Å². The highest BCUT2D eigenvalue weighted by molar-refractivity contribution is 5.74. The Balaban J connectivity index is 2.16. The van der Waals surface area contributed by atoms with Crippen LogP contribution in [0.15, 0.2) is 0 Å². The van der Waals surface area contributed by atoms with Gasteiger partial charge in [-0.3, -0.25) is 0 Å². The van der Waals surface area contributed by atoms with Crippen LogP contribution >= 0.6 is 0 Å². The second-order valence-corrected chi connectivity index (χ2v) is 3.74.